The predicted octanol–water partition coefficient (Wildman–Crippen LogP) is 4.56. The number of hydrogen-bond donors (Lipinski definition) is 0. The van der Waals surface area contributed by atoms with E-state index in [0.29, 0.717) is 12.3 Å². The van der Waals surface area contributed by atoms with E-state index in [2.05, 4.69) is 27.7 Å². The van der Waals surface area contributed by atoms with Gasteiger partial charge >= 0.3 is 0 Å². The SMILES string of the molecule is CC(C)c1ccc(C(=O)CCCC2OCC(C)(C)CO2)cc1. The molecule has 3 nitrogen and oxygen atoms in total. The first-order valence-electron chi connectivity index (χ1n) is 8.24. The van der Waals surface area contributed by atoms with Crippen LogP contribution in [0.15, 0.2) is 24.3 Å². The lowest BCUT2D eigenvalue weighted by Crippen LogP contribution is -2.37. The number of carbonyl (C=O) groups is 1. The Balaban J connectivity index is 1.74. The first-order valence-corrected chi connectivity index (χ1v) is 8.24. The molecule has 1 aliphatic heterocycles. The minimum atomic E-state index is -0.149. The highest BCUT2D eigenvalue weighted by Crippen LogP contribution is 2.25. The van der Waals surface area contributed by atoms with Crippen LogP contribution in [0.1, 0.15) is 68.8 Å². The monoisotopic (exact) mass is 304 g/mol. The fourth-order valence-corrected chi connectivity index (χ4v) is 2.52. The van der Waals surface area contributed by atoms with E-state index >= 15 is 0 Å². The summed E-state index contributed by atoms with van der Waals surface area (Å²) in [5, 5.41) is 0. The molecule has 0 amide bonds. The maximum Gasteiger partial charge on any atom is 0.162 e. The van der Waals surface area contributed by atoms with Crippen LogP contribution in [0, 0.1) is 5.41 Å². The second kappa shape index (κ2) is 7.38. The first-order chi connectivity index (χ1) is 10.4. The van der Waals surface area contributed by atoms with Gasteiger partial charge in [0.25, 0.3) is 0 Å². The fraction of sp³-hybridized carbons (Fsp3) is 0.632. The van der Waals surface area contributed by atoms with Crippen molar-refractivity contribution in [1.82, 2.24) is 0 Å². The maximum atomic E-state index is 12.2. The number of ether oxygens (including phenoxy) is 2. The summed E-state index contributed by atoms with van der Waals surface area (Å²) in [6.45, 7) is 10.0. The average Bonchev–Trinajstić information content (AvgIpc) is 2.49. The van der Waals surface area contributed by atoms with E-state index in [4.69, 9.17) is 9.47 Å². The number of carbonyl (C=O) groups excluding carboxylic acids is 1. The Morgan fingerprint density at radius 3 is 2.32 bits per heavy atom. The van der Waals surface area contributed by atoms with Gasteiger partial charge < -0.3 is 9.47 Å². The van der Waals surface area contributed by atoms with Crippen LogP contribution in [-0.4, -0.2) is 25.3 Å². The summed E-state index contributed by atoms with van der Waals surface area (Å²) in [5.74, 6) is 0.695. The van der Waals surface area contributed by atoms with Crippen molar-refractivity contribution < 1.29 is 14.3 Å². The molecule has 1 aromatic rings. The van der Waals surface area contributed by atoms with E-state index in [1.807, 2.05) is 24.3 Å². The van der Waals surface area contributed by atoms with Crippen LogP contribution in [0.5, 0.6) is 0 Å². The molecule has 0 spiro atoms. The number of hydrogen-bond acceptors (Lipinski definition) is 3. The van der Waals surface area contributed by atoms with Crippen molar-refractivity contribution in [3.8, 4) is 0 Å². The Labute approximate surface area is 134 Å². The van der Waals surface area contributed by atoms with E-state index in [1.54, 1.807) is 0 Å². The molecule has 0 aliphatic carbocycles. The normalized spacial score (nSPS) is 18.6. The summed E-state index contributed by atoms with van der Waals surface area (Å²) >= 11 is 0. The van der Waals surface area contributed by atoms with Gasteiger partial charge in [-0.15, -0.1) is 0 Å². The molecule has 2 rings (SSSR count). The van der Waals surface area contributed by atoms with Crippen LogP contribution in [-0.2, 0) is 9.47 Å². The number of benzene rings is 1. The van der Waals surface area contributed by atoms with Crippen molar-refractivity contribution in [2.75, 3.05) is 13.2 Å². The number of rotatable bonds is 6. The summed E-state index contributed by atoms with van der Waals surface area (Å²) < 4.78 is 11.4. The van der Waals surface area contributed by atoms with Crippen LogP contribution >= 0.6 is 0 Å². The van der Waals surface area contributed by atoms with Crippen LogP contribution < -0.4 is 0 Å². The van der Waals surface area contributed by atoms with Crippen LogP contribution in [0.2, 0.25) is 0 Å². The molecule has 1 heterocycles. The summed E-state index contributed by atoms with van der Waals surface area (Å²) in [7, 11) is 0. The standard InChI is InChI=1S/C19H28O3/c1-14(2)15-8-10-16(11-9-15)17(20)6-5-7-18-21-12-19(3,4)13-22-18/h8-11,14,18H,5-7,12-13H2,1-4H3. The predicted molar refractivity (Wildman–Crippen MR) is 88.2 cm³/mol. The van der Waals surface area contributed by atoms with Gasteiger partial charge in [0.2, 0.25) is 0 Å². The summed E-state index contributed by atoms with van der Waals surface area (Å²) in [5.41, 5.74) is 2.17. The minimum absolute atomic E-state index is 0.102. The van der Waals surface area contributed by atoms with E-state index in [9.17, 15) is 4.79 Å². The molecule has 0 saturated carbocycles. The molecule has 122 valence electrons. The molecular formula is C19H28O3. The Morgan fingerprint density at radius 1 is 1.18 bits per heavy atom. The molecule has 0 aromatic heterocycles. The Kier molecular flexibility index (Phi) is 5.76. The molecule has 1 aromatic carbocycles. The summed E-state index contributed by atoms with van der Waals surface area (Å²) in [6.07, 6.45) is 1.99. The lowest BCUT2D eigenvalue weighted by molar-refractivity contribution is -0.223. The molecule has 0 radical (unpaired) electrons. The topological polar surface area (TPSA) is 35.5 Å². The third-order valence-electron chi connectivity index (χ3n) is 4.06. The largest absolute Gasteiger partial charge is 0.352 e. The third-order valence-corrected chi connectivity index (χ3v) is 4.06. The van der Waals surface area contributed by atoms with Crippen molar-refractivity contribution >= 4 is 5.78 Å². The Morgan fingerprint density at radius 2 is 1.77 bits per heavy atom. The van der Waals surface area contributed by atoms with Gasteiger partial charge in [-0.2, -0.15) is 0 Å². The first kappa shape index (κ1) is 17.2. The van der Waals surface area contributed by atoms with Gasteiger partial charge in [0.15, 0.2) is 12.1 Å². The van der Waals surface area contributed by atoms with Gasteiger partial charge in [-0.1, -0.05) is 52.0 Å². The molecule has 1 fully saturated rings. The quantitative estimate of drug-likeness (QED) is 0.723. The molecule has 3 heteroatoms. The zero-order valence-electron chi connectivity index (χ0n) is 14.2. The highest BCUT2D eigenvalue weighted by molar-refractivity contribution is 5.96. The van der Waals surface area contributed by atoms with Crippen molar-refractivity contribution in [3.63, 3.8) is 0 Å². The van der Waals surface area contributed by atoms with E-state index in [1.165, 1.54) is 5.56 Å². The van der Waals surface area contributed by atoms with E-state index in [0.717, 1.165) is 31.6 Å². The Bertz CT molecular complexity index is 478. The molecular weight excluding hydrogens is 276 g/mol. The van der Waals surface area contributed by atoms with Crippen molar-refractivity contribution in [1.29, 1.82) is 0 Å². The molecule has 22 heavy (non-hydrogen) atoms. The molecule has 1 aliphatic rings. The minimum Gasteiger partial charge on any atom is -0.352 e. The summed E-state index contributed by atoms with van der Waals surface area (Å²) in [4.78, 5) is 12.2. The third kappa shape index (κ3) is 4.92. The van der Waals surface area contributed by atoms with E-state index in [-0.39, 0.29) is 17.5 Å². The van der Waals surface area contributed by atoms with Gasteiger partial charge in [0.05, 0.1) is 13.2 Å². The second-order valence-corrected chi connectivity index (χ2v) is 7.31. The lowest BCUT2D eigenvalue weighted by Gasteiger charge is -2.34. The van der Waals surface area contributed by atoms with Crippen LogP contribution in [0.25, 0.3) is 0 Å². The molecule has 1 saturated heterocycles. The van der Waals surface area contributed by atoms with Crippen molar-refractivity contribution in [3.05, 3.63) is 35.4 Å². The van der Waals surface area contributed by atoms with Crippen LogP contribution in [0.3, 0.4) is 0 Å². The number of Topliss-reactive ketones (excluding diaryl/α,β-unsaturated/α-hetero) is 1. The van der Waals surface area contributed by atoms with E-state index < -0.39 is 0 Å². The van der Waals surface area contributed by atoms with Crippen molar-refractivity contribution in [2.45, 2.75) is 59.2 Å². The van der Waals surface area contributed by atoms with Crippen LogP contribution in [0.4, 0.5) is 0 Å². The van der Waals surface area contributed by atoms with Crippen molar-refractivity contribution in [2.24, 2.45) is 5.41 Å². The molecule has 0 unspecified atom stereocenters. The average molecular weight is 304 g/mol. The molecule has 0 N–H and O–H groups in total. The van der Waals surface area contributed by atoms with Gasteiger partial charge in [-0.05, 0) is 24.3 Å². The lowest BCUT2D eigenvalue weighted by atomic mass is 9.95. The molecule has 0 bridgehead atoms. The highest BCUT2D eigenvalue weighted by Gasteiger charge is 2.27. The fourth-order valence-electron chi connectivity index (χ4n) is 2.52. The summed E-state index contributed by atoms with van der Waals surface area (Å²) in [6, 6.07) is 7.97. The number of ketones is 1. The zero-order valence-corrected chi connectivity index (χ0v) is 14.2. The highest BCUT2D eigenvalue weighted by atomic mass is 16.7. The van der Waals surface area contributed by atoms with Gasteiger partial charge in [0.1, 0.15) is 0 Å². The van der Waals surface area contributed by atoms with Gasteiger partial charge in [-0.25, -0.2) is 0 Å². The zero-order chi connectivity index (χ0) is 16.2. The maximum absolute atomic E-state index is 12.2. The second-order valence-electron chi connectivity index (χ2n) is 7.31. The van der Waals surface area contributed by atoms with Gasteiger partial charge in [0, 0.05) is 17.4 Å². The molecule has 0 atom stereocenters. The smallest absolute Gasteiger partial charge is 0.162 e. The Hall–Kier alpha value is -1.19. The van der Waals surface area contributed by atoms with Gasteiger partial charge in [-0.3, -0.25) is 4.79 Å².